The Labute approximate surface area is 169 Å². The molecule has 0 spiro atoms. The van der Waals surface area contributed by atoms with Crippen molar-refractivity contribution in [1.82, 2.24) is 0 Å². The van der Waals surface area contributed by atoms with Crippen LogP contribution in [0.1, 0.15) is 16.7 Å². The first kappa shape index (κ1) is 19.5. The van der Waals surface area contributed by atoms with Crippen LogP contribution in [0.5, 0.6) is 0 Å². The van der Waals surface area contributed by atoms with Gasteiger partial charge in [-0.15, -0.1) is 0 Å². The zero-order chi connectivity index (χ0) is 20.3. The van der Waals surface area contributed by atoms with Crippen LogP contribution in [0.2, 0.25) is 0 Å². The summed E-state index contributed by atoms with van der Waals surface area (Å²) in [6.45, 7) is -0.509. The number of Topliss-reactive ketones (excluding diaryl/α,β-unsaturated/α-hetero) is 1. The fraction of sp³-hybridized carbons (Fsp3) is 0.208. The number of hydrogen-bond donors (Lipinski definition) is 2. The predicted molar refractivity (Wildman–Crippen MR) is 107 cm³/mol. The molecule has 1 fully saturated rings. The molecule has 0 saturated carbocycles. The third-order valence-corrected chi connectivity index (χ3v) is 5.17. The maximum atomic E-state index is 12.7. The van der Waals surface area contributed by atoms with Crippen LogP contribution in [-0.2, 0) is 19.9 Å². The molecular formula is C24H22O5. The minimum atomic E-state index is -1.46. The molecule has 1 aliphatic rings. The van der Waals surface area contributed by atoms with E-state index in [9.17, 15) is 15.0 Å². The molecule has 3 atom stereocenters. The highest BCUT2D eigenvalue weighted by atomic mass is 16.7. The zero-order valence-corrected chi connectivity index (χ0v) is 15.7. The first-order valence-electron chi connectivity index (χ1n) is 9.49. The molecule has 1 aliphatic heterocycles. The van der Waals surface area contributed by atoms with Crippen LogP contribution >= 0.6 is 0 Å². The highest BCUT2D eigenvalue weighted by Gasteiger charge is 2.49. The first-order valence-corrected chi connectivity index (χ1v) is 9.49. The van der Waals surface area contributed by atoms with Gasteiger partial charge in [0.1, 0.15) is 11.7 Å². The molecule has 4 rings (SSSR count). The van der Waals surface area contributed by atoms with E-state index in [0.717, 1.165) is 16.7 Å². The monoisotopic (exact) mass is 390 g/mol. The summed E-state index contributed by atoms with van der Waals surface area (Å²) in [7, 11) is 0. The fourth-order valence-corrected chi connectivity index (χ4v) is 3.79. The van der Waals surface area contributed by atoms with Crippen molar-refractivity contribution < 1.29 is 24.5 Å². The van der Waals surface area contributed by atoms with Crippen molar-refractivity contribution in [3.05, 3.63) is 108 Å². The highest BCUT2D eigenvalue weighted by molar-refractivity contribution is 5.89. The van der Waals surface area contributed by atoms with Gasteiger partial charge in [-0.25, -0.2) is 0 Å². The molecule has 0 aromatic heterocycles. The van der Waals surface area contributed by atoms with Crippen LogP contribution in [0.3, 0.4) is 0 Å². The Bertz CT molecular complexity index is 846. The third-order valence-electron chi connectivity index (χ3n) is 5.17. The van der Waals surface area contributed by atoms with Crippen molar-refractivity contribution in [2.24, 2.45) is 0 Å². The van der Waals surface area contributed by atoms with Crippen molar-refractivity contribution in [2.75, 3.05) is 6.61 Å². The van der Waals surface area contributed by atoms with Crippen molar-refractivity contribution in [1.29, 1.82) is 0 Å². The van der Waals surface area contributed by atoms with Crippen LogP contribution in [0.25, 0.3) is 0 Å². The summed E-state index contributed by atoms with van der Waals surface area (Å²) in [5, 5.41) is 19.8. The first-order chi connectivity index (χ1) is 14.2. The Morgan fingerprint density at radius 3 is 1.55 bits per heavy atom. The summed E-state index contributed by atoms with van der Waals surface area (Å²) in [5.74, 6) is -0.479. The summed E-state index contributed by atoms with van der Waals surface area (Å²) in [6, 6.07) is 28.7. The van der Waals surface area contributed by atoms with E-state index in [1.165, 1.54) is 0 Å². The minimum Gasteiger partial charge on any atom is -0.393 e. The van der Waals surface area contributed by atoms with Crippen molar-refractivity contribution in [2.45, 2.75) is 24.1 Å². The second kappa shape index (κ2) is 8.27. The lowest BCUT2D eigenvalue weighted by molar-refractivity contribution is -0.170. The summed E-state index contributed by atoms with van der Waals surface area (Å²) in [5.41, 5.74) is 1.28. The second-order valence-corrected chi connectivity index (χ2v) is 6.92. The topological polar surface area (TPSA) is 76.0 Å². The zero-order valence-electron chi connectivity index (χ0n) is 15.7. The van der Waals surface area contributed by atoms with Gasteiger partial charge >= 0.3 is 0 Å². The third kappa shape index (κ3) is 3.50. The van der Waals surface area contributed by atoms with Gasteiger partial charge in [0, 0.05) is 0 Å². The quantitative estimate of drug-likeness (QED) is 0.633. The number of carbonyl (C=O) groups is 1. The molecule has 0 bridgehead atoms. The van der Waals surface area contributed by atoms with Gasteiger partial charge in [0.25, 0.3) is 0 Å². The Hall–Kier alpha value is -2.83. The van der Waals surface area contributed by atoms with E-state index < -0.39 is 36.5 Å². The molecule has 5 nitrogen and oxygen atoms in total. The van der Waals surface area contributed by atoms with Gasteiger partial charge < -0.3 is 19.7 Å². The number of aliphatic hydroxyl groups excluding tert-OH is 2. The maximum Gasteiger partial charge on any atom is 0.197 e. The number of benzene rings is 3. The fourth-order valence-electron chi connectivity index (χ4n) is 3.79. The summed E-state index contributed by atoms with van der Waals surface area (Å²) in [6.07, 6.45) is -3.81. The largest absolute Gasteiger partial charge is 0.393 e. The number of aliphatic hydroxyl groups is 2. The lowest BCUT2D eigenvalue weighted by Crippen LogP contribution is -2.43. The lowest BCUT2D eigenvalue weighted by Gasteiger charge is -2.38. The van der Waals surface area contributed by atoms with Gasteiger partial charge in [0.05, 0.1) is 6.61 Å². The van der Waals surface area contributed by atoms with Crippen LogP contribution in [-0.4, -0.2) is 41.1 Å². The van der Waals surface area contributed by atoms with Crippen LogP contribution in [0, 0.1) is 0 Å². The number of rotatable bonds is 6. The predicted octanol–water partition coefficient (Wildman–Crippen LogP) is 2.64. The molecule has 2 N–H and O–H groups in total. The van der Waals surface area contributed by atoms with Crippen molar-refractivity contribution in [3.63, 3.8) is 0 Å². The molecule has 3 aromatic carbocycles. The molecule has 5 heteroatoms. The summed E-state index contributed by atoms with van der Waals surface area (Å²) >= 11 is 0. The van der Waals surface area contributed by atoms with E-state index >= 15 is 0 Å². The van der Waals surface area contributed by atoms with Gasteiger partial charge in [0.15, 0.2) is 18.2 Å². The van der Waals surface area contributed by atoms with Gasteiger partial charge in [-0.05, 0) is 16.7 Å². The van der Waals surface area contributed by atoms with E-state index in [-0.39, 0.29) is 0 Å². The summed E-state index contributed by atoms with van der Waals surface area (Å²) < 4.78 is 11.7. The van der Waals surface area contributed by atoms with Crippen LogP contribution in [0.15, 0.2) is 91.0 Å². The standard InChI is InChI=1S/C24H22O5/c25-16-20-21(26)22(23(27)28-20)29-24(17-10-4-1-5-11-17,18-12-6-2-7-13-18)19-14-8-3-9-15-19/h1-15,20,22-23,25,27H,16H2/t20?,22-,23+/m1/s1. The summed E-state index contributed by atoms with van der Waals surface area (Å²) in [4.78, 5) is 12.7. The molecule has 1 unspecified atom stereocenters. The molecule has 0 amide bonds. The molecule has 3 aromatic rings. The highest BCUT2D eigenvalue weighted by Crippen LogP contribution is 2.42. The average molecular weight is 390 g/mol. The van der Waals surface area contributed by atoms with E-state index in [1.54, 1.807) is 0 Å². The smallest absolute Gasteiger partial charge is 0.197 e. The molecule has 29 heavy (non-hydrogen) atoms. The average Bonchev–Trinajstić information content (AvgIpc) is 3.06. The Morgan fingerprint density at radius 1 is 0.793 bits per heavy atom. The van der Waals surface area contributed by atoms with Crippen molar-refractivity contribution in [3.8, 4) is 0 Å². The molecule has 0 radical (unpaired) electrons. The maximum absolute atomic E-state index is 12.7. The van der Waals surface area contributed by atoms with Gasteiger partial charge in [-0.2, -0.15) is 0 Å². The molecule has 1 saturated heterocycles. The normalized spacial score (nSPS) is 22.0. The minimum absolute atomic E-state index is 0.479. The number of ether oxygens (including phenoxy) is 2. The Balaban J connectivity index is 1.92. The Kier molecular flexibility index (Phi) is 5.56. The number of hydrogen-bond acceptors (Lipinski definition) is 5. The van der Waals surface area contributed by atoms with Crippen molar-refractivity contribution >= 4 is 5.78 Å². The van der Waals surface area contributed by atoms with E-state index in [4.69, 9.17) is 9.47 Å². The molecule has 148 valence electrons. The molecule has 1 heterocycles. The Morgan fingerprint density at radius 2 is 1.21 bits per heavy atom. The van der Waals surface area contributed by atoms with Crippen LogP contribution < -0.4 is 0 Å². The SMILES string of the molecule is O=C1C(CO)O[C@H](O)[C@@H]1OC(c1ccccc1)(c1ccccc1)c1ccccc1. The van der Waals surface area contributed by atoms with Gasteiger partial charge in [-0.1, -0.05) is 91.0 Å². The molecular weight excluding hydrogens is 368 g/mol. The van der Waals surface area contributed by atoms with E-state index in [1.807, 2.05) is 91.0 Å². The lowest BCUT2D eigenvalue weighted by atomic mass is 9.79. The van der Waals surface area contributed by atoms with E-state index in [0.29, 0.717) is 0 Å². The van der Waals surface area contributed by atoms with Crippen LogP contribution in [0.4, 0.5) is 0 Å². The van der Waals surface area contributed by atoms with E-state index in [2.05, 4.69) is 0 Å². The van der Waals surface area contributed by atoms with Gasteiger partial charge in [0.2, 0.25) is 0 Å². The number of carbonyl (C=O) groups excluding carboxylic acids is 1. The number of ketones is 1. The second-order valence-electron chi connectivity index (χ2n) is 6.92. The molecule has 0 aliphatic carbocycles. The van der Waals surface area contributed by atoms with Gasteiger partial charge in [-0.3, -0.25) is 4.79 Å².